The standard InChI is InChI=1S/C14H21N3O/c1-2-15-6-5-10-16-17-14(18-10)13-11-8-3-4-9(7-8)12(11)13/h8-9,11-13,15H,2-7H2,1H3. The molecule has 3 saturated carbocycles. The van der Waals surface area contributed by atoms with Crippen LogP contribution in [0, 0.1) is 23.7 Å². The number of likely N-dealkylation sites (N-methyl/N-ethyl adjacent to an activating group) is 1. The summed E-state index contributed by atoms with van der Waals surface area (Å²) < 4.78 is 5.85. The van der Waals surface area contributed by atoms with Crippen LogP contribution >= 0.6 is 0 Å². The van der Waals surface area contributed by atoms with Crippen LogP contribution in [0.5, 0.6) is 0 Å². The van der Waals surface area contributed by atoms with E-state index < -0.39 is 0 Å². The zero-order valence-electron chi connectivity index (χ0n) is 10.9. The van der Waals surface area contributed by atoms with E-state index in [0.29, 0.717) is 5.92 Å². The molecule has 0 aromatic carbocycles. The largest absolute Gasteiger partial charge is 0.425 e. The van der Waals surface area contributed by atoms with Crippen LogP contribution < -0.4 is 5.32 Å². The number of aromatic nitrogens is 2. The Morgan fingerprint density at radius 2 is 2.00 bits per heavy atom. The van der Waals surface area contributed by atoms with Crippen molar-refractivity contribution in [2.75, 3.05) is 13.1 Å². The van der Waals surface area contributed by atoms with E-state index in [1.807, 2.05) is 0 Å². The summed E-state index contributed by atoms with van der Waals surface area (Å²) in [5, 5.41) is 11.8. The fourth-order valence-electron chi connectivity index (χ4n) is 4.53. The SMILES string of the molecule is CCNCCc1nnc(C2C3C4CCC(C4)C23)o1. The molecule has 4 atom stereocenters. The van der Waals surface area contributed by atoms with E-state index in [2.05, 4.69) is 22.4 Å². The van der Waals surface area contributed by atoms with Gasteiger partial charge in [-0.05, 0) is 49.5 Å². The minimum atomic E-state index is 0.622. The Bertz CT molecular complexity index is 428. The van der Waals surface area contributed by atoms with Gasteiger partial charge in [0.25, 0.3) is 0 Å². The molecule has 0 saturated heterocycles. The van der Waals surface area contributed by atoms with Crippen LogP contribution in [-0.4, -0.2) is 23.3 Å². The van der Waals surface area contributed by atoms with E-state index in [1.165, 1.54) is 19.3 Å². The molecule has 0 amide bonds. The van der Waals surface area contributed by atoms with Gasteiger partial charge in [-0.25, -0.2) is 0 Å². The van der Waals surface area contributed by atoms with Crippen molar-refractivity contribution in [3.05, 3.63) is 11.8 Å². The molecule has 1 heterocycles. The van der Waals surface area contributed by atoms with Gasteiger partial charge in [-0.3, -0.25) is 0 Å². The van der Waals surface area contributed by atoms with Crippen LogP contribution in [0.3, 0.4) is 0 Å². The van der Waals surface area contributed by atoms with Gasteiger partial charge in [0.2, 0.25) is 11.8 Å². The molecule has 3 fully saturated rings. The van der Waals surface area contributed by atoms with Crippen LogP contribution in [0.4, 0.5) is 0 Å². The van der Waals surface area contributed by atoms with Crippen LogP contribution in [0.25, 0.3) is 0 Å². The molecule has 1 aromatic heterocycles. The summed E-state index contributed by atoms with van der Waals surface area (Å²) in [5.41, 5.74) is 0. The predicted molar refractivity (Wildman–Crippen MR) is 67.1 cm³/mol. The third-order valence-corrected chi connectivity index (χ3v) is 5.27. The molecule has 18 heavy (non-hydrogen) atoms. The van der Waals surface area contributed by atoms with Gasteiger partial charge in [0.05, 0.1) is 0 Å². The molecule has 4 nitrogen and oxygen atoms in total. The molecule has 3 aliphatic carbocycles. The smallest absolute Gasteiger partial charge is 0.220 e. The Morgan fingerprint density at radius 3 is 2.72 bits per heavy atom. The lowest BCUT2D eigenvalue weighted by Crippen LogP contribution is -2.16. The molecule has 98 valence electrons. The van der Waals surface area contributed by atoms with Gasteiger partial charge in [-0.2, -0.15) is 0 Å². The molecule has 1 aromatic rings. The zero-order chi connectivity index (χ0) is 12.1. The van der Waals surface area contributed by atoms with Crippen molar-refractivity contribution in [1.82, 2.24) is 15.5 Å². The van der Waals surface area contributed by atoms with E-state index in [4.69, 9.17) is 4.42 Å². The lowest BCUT2D eigenvalue weighted by Gasteiger charge is -2.04. The van der Waals surface area contributed by atoms with Crippen molar-refractivity contribution < 1.29 is 4.42 Å². The topological polar surface area (TPSA) is 51.0 Å². The Labute approximate surface area is 108 Å². The normalized spacial score (nSPS) is 40.2. The zero-order valence-corrected chi connectivity index (χ0v) is 10.9. The summed E-state index contributed by atoms with van der Waals surface area (Å²) >= 11 is 0. The molecular formula is C14H21N3O. The number of fused-ring (bicyclic) bond motifs is 5. The van der Waals surface area contributed by atoms with Gasteiger partial charge in [-0.15, -0.1) is 10.2 Å². The predicted octanol–water partition coefficient (Wildman–Crippen LogP) is 1.98. The molecule has 4 unspecified atom stereocenters. The highest BCUT2D eigenvalue weighted by molar-refractivity contribution is 5.22. The van der Waals surface area contributed by atoms with Gasteiger partial charge in [0.1, 0.15) is 0 Å². The molecule has 2 bridgehead atoms. The van der Waals surface area contributed by atoms with E-state index in [-0.39, 0.29) is 0 Å². The van der Waals surface area contributed by atoms with Crippen LogP contribution in [0.15, 0.2) is 4.42 Å². The maximum absolute atomic E-state index is 5.85. The van der Waals surface area contributed by atoms with E-state index in [0.717, 1.165) is 55.0 Å². The molecule has 0 radical (unpaired) electrons. The highest BCUT2D eigenvalue weighted by Gasteiger charge is 2.67. The Balaban J connectivity index is 1.41. The first-order valence-electron chi connectivity index (χ1n) is 7.41. The summed E-state index contributed by atoms with van der Waals surface area (Å²) in [7, 11) is 0. The van der Waals surface area contributed by atoms with Crippen LogP contribution in [0.1, 0.15) is 43.9 Å². The molecule has 4 heteroatoms. The van der Waals surface area contributed by atoms with Crippen LogP contribution in [-0.2, 0) is 6.42 Å². The lowest BCUT2D eigenvalue weighted by molar-refractivity contribution is 0.407. The van der Waals surface area contributed by atoms with Gasteiger partial charge >= 0.3 is 0 Å². The Kier molecular flexibility index (Phi) is 2.47. The quantitative estimate of drug-likeness (QED) is 0.808. The minimum absolute atomic E-state index is 0.622. The second-order valence-electron chi connectivity index (χ2n) is 6.15. The Morgan fingerprint density at radius 1 is 1.22 bits per heavy atom. The van der Waals surface area contributed by atoms with Crippen molar-refractivity contribution in [3.8, 4) is 0 Å². The van der Waals surface area contributed by atoms with E-state index >= 15 is 0 Å². The van der Waals surface area contributed by atoms with Crippen LogP contribution in [0.2, 0.25) is 0 Å². The van der Waals surface area contributed by atoms with E-state index in [9.17, 15) is 0 Å². The molecule has 3 aliphatic rings. The molecule has 1 N–H and O–H groups in total. The third-order valence-electron chi connectivity index (χ3n) is 5.27. The summed E-state index contributed by atoms with van der Waals surface area (Å²) in [6, 6.07) is 0. The lowest BCUT2D eigenvalue weighted by atomic mass is 10.0. The van der Waals surface area contributed by atoms with Crippen molar-refractivity contribution >= 4 is 0 Å². The fourth-order valence-corrected chi connectivity index (χ4v) is 4.53. The first kappa shape index (κ1) is 11.0. The number of hydrogen-bond acceptors (Lipinski definition) is 4. The number of nitrogens with zero attached hydrogens (tertiary/aromatic N) is 2. The second kappa shape index (κ2) is 4.05. The molecule has 0 spiro atoms. The van der Waals surface area contributed by atoms with Crippen molar-refractivity contribution in [1.29, 1.82) is 0 Å². The highest BCUT2D eigenvalue weighted by Crippen LogP contribution is 2.72. The number of rotatable bonds is 5. The molecular weight excluding hydrogens is 226 g/mol. The monoisotopic (exact) mass is 247 g/mol. The van der Waals surface area contributed by atoms with Gasteiger partial charge in [0.15, 0.2) is 0 Å². The average molecular weight is 247 g/mol. The average Bonchev–Trinajstić information content (AvgIpc) is 2.77. The first-order chi connectivity index (χ1) is 8.88. The summed E-state index contributed by atoms with van der Waals surface area (Å²) in [6.45, 7) is 4.04. The van der Waals surface area contributed by atoms with E-state index in [1.54, 1.807) is 0 Å². The molecule has 4 rings (SSSR count). The van der Waals surface area contributed by atoms with Crippen molar-refractivity contribution in [2.24, 2.45) is 23.7 Å². The van der Waals surface area contributed by atoms with Crippen molar-refractivity contribution in [3.63, 3.8) is 0 Å². The number of nitrogens with one attached hydrogen (secondary N) is 1. The maximum atomic E-state index is 5.85. The third kappa shape index (κ3) is 1.54. The first-order valence-corrected chi connectivity index (χ1v) is 7.41. The van der Waals surface area contributed by atoms with Crippen molar-refractivity contribution in [2.45, 2.75) is 38.5 Å². The second-order valence-corrected chi connectivity index (χ2v) is 6.15. The highest BCUT2D eigenvalue weighted by atomic mass is 16.4. The summed E-state index contributed by atoms with van der Waals surface area (Å²) in [4.78, 5) is 0. The van der Waals surface area contributed by atoms with Gasteiger partial charge < -0.3 is 9.73 Å². The number of hydrogen-bond donors (Lipinski definition) is 1. The summed E-state index contributed by atoms with van der Waals surface area (Å²) in [6.07, 6.45) is 5.23. The summed E-state index contributed by atoms with van der Waals surface area (Å²) in [5.74, 6) is 6.11. The maximum Gasteiger partial charge on any atom is 0.220 e. The Hall–Kier alpha value is -0.900. The molecule has 0 aliphatic heterocycles. The van der Waals surface area contributed by atoms with Gasteiger partial charge in [0, 0.05) is 18.9 Å². The fraction of sp³-hybridized carbons (Fsp3) is 0.857. The van der Waals surface area contributed by atoms with Gasteiger partial charge in [-0.1, -0.05) is 6.92 Å². The minimum Gasteiger partial charge on any atom is -0.425 e.